The highest BCUT2D eigenvalue weighted by atomic mass is 15.1. The van der Waals surface area contributed by atoms with Gasteiger partial charge in [-0.05, 0) is 32.1 Å². The van der Waals surface area contributed by atoms with Crippen LogP contribution in [0.3, 0.4) is 0 Å². The summed E-state index contributed by atoms with van der Waals surface area (Å²) in [5.74, 6) is 0. The molecule has 0 amide bonds. The van der Waals surface area contributed by atoms with Crippen molar-refractivity contribution in [1.29, 1.82) is 0 Å². The minimum atomic E-state index is 0.873. The third-order valence-corrected chi connectivity index (χ3v) is 3.62. The number of likely N-dealkylation sites (N-methyl/N-ethyl adjacent to an activating group) is 1. The highest BCUT2D eigenvalue weighted by Crippen LogP contribution is 2.11. The minimum Gasteiger partial charge on any atom is -0.310 e. The fourth-order valence-electron chi connectivity index (χ4n) is 2.36. The van der Waals surface area contributed by atoms with Gasteiger partial charge in [-0.15, -0.1) is 0 Å². The Hall–Kier alpha value is -1.39. The van der Waals surface area contributed by atoms with E-state index >= 15 is 0 Å². The Balaban J connectivity index is 1.93. The number of imidazole rings is 1. The fourth-order valence-corrected chi connectivity index (χ4v) is 2.36. The second kappa shape index (κ2) is 6.68. The van der Waals surface area contributed by atoms with Crippen LogP contribution in [0.4, 0.5) is 0 Å². The minimum absolute atomic E-state index is 0.873. The van der Waals surface area contributed by atoms with E-state index in [9.17, 15) is 0 Å². The summed E-state index contributed by atoms with van der Waals surface area (Å²) in [7, 11) is 0. The second-order valence-corrected chi connectivity index (χ2v) is 4.78. The number of rotatable bonds is 7. The van der Waals surface area contributed by atoms with Crippen LogP contribution in [0.15, 0.2) is 24.4 Å². The molecule has 19 heavy (non-hydrogen) atoms. The Kier molecular flexibility index (Phi) is 4.93. The predicted octanol–water partition coefficient (Wildman–Crippen LogP) is 2.07. The van der Waals surface area contributed by atoms with Crippen molar-refractivity contribution in [3.8, 4) is 0 Å². The maximum atomic E-state index is 4.57. The molecule has 0 aromatic carbocycles. The lowest BCUT2D eigenvalue weighted by Gasteiger charge is -2.18. The Morgan fingerprint density at radius 1 is 1.26 bits per heavy atom. The molecular weight excluding hydrogens is 236 g/mol. The largest absolute Gasteiger partial charge is 0.310 e. The van der Waals surface area contributed by atoms with Crippen LogP contribution in [-0.2, 0) is 6.54 Å². The van der Waals surface area contributed by atoms with Crippen molar-refractivity contribution in [3.63, 3.8) is 0 Å². The number of aromatic nitrogens is 2. The van der Waals surface area contributed by atoms with Crippen molar-refractivity contribution in [2.45, 2.75) is 27.3 Å². The first-order valence-electron chi connectivity index (χ1n) is 7.11. The molecule has 0 bridgehead atoms. The van der Waals surface area contributed by atoms with Crippen LogP contribution in [0.1, 0.15) is 25.2 Å². The molecule has 0 radical (unpaired) electrons. The molecule has 2 aromatic heterocycles. The van der Waals surface area contributed by atoms with Crippen LogP contribution >= 0.6 is 0 Å². The zero-order valence-corrected chi connectivity index (χ0v) is 12.2. The molecule has 0 aliphatic rings. The zero-order chi connectivity index (χ0) is 13.7. The second-order valence-electron chi connectivity index (χ2n) is 4.78. The van der Waals surface area contributed by atoms with Crippen molar-refractivity contribution in [1.82, 2.24) is 19.6 Å². The zero-order valence-electron chi connectivity index (χ0n) is 12.2. The third kappa shape index (κ3) is 3.33. The summed E-state index contributed by atoms with van der Waals surface area (Å²) < 4.78 is 2.17. The van der Waals surface area contributed by atoms with E-state index in [1.54, 1.807) is 0 Å². The highest BCUT2D eigenvalue weighted by molar-refractivity contribution is 5.42. The quantitative estimate of drug-likeness (QED) is 0.774. The lowest BCUT2D eigenvalue weighted by Crippen LogP contribution is -2.31. The Morgan fingerprint density at radius 2 is 2.05 bits per heavy atom. The SMILES string of the molecule is CCN(CC)CCNCc1c(C)nc2ccccn12. The molecule has 0 aliphatic heterocycles. The number of nitrogens with one attached hydrogen (secondary N) is 1. The van der Waals surface area contributed by atoms with E-state index in [0.717, 1.165) is 44.1 Å². The van der Waals surface area contributed by atoms with Gasteiger partial charge in [0.15, 0.2) is 0 Å². The van der Waals surface area contributed by atoms with Gasteiger partial charge in [0.2, 0.25) is 0 Å². The van der Waals surface area contributed by atoms with Crippen molar-refractivity contribution in [2.24, 2.45) is 0 Å². The lowest BCUT2D eigenvalue weighted by molar-refractivity contribution is 0.302. The van der Waals surface area contributed by atoms with Gasteiger partial charge >= 0.3 is 0 Å². The average Bonchev–Trinajstić information content (AvgIpc) is 2.75. The average molecular weight is 260 g/mol. The van der Waals surface area contributed by atoms with Crippen LogP contribution in [-0.4, -0.2) is 40.5 Å². The first kappa shape index (κ1) is 14.0. The molecule has 2 heterocycles. The third-order valence-electron chi connectivity index (χ3n) is 3.62. The molecule has 0 aliphatic carbocycles. The summed E-state index contributed by atoms with van der Waals surface area (Å²) in [6.07, 6.45) is 2.08. The van der Waals surface area contributed by atoms with Gasteiger partial charge < -0.3 is 14.6 Å². The van der Waals surface area contributed by atoms with E-state index in [2.05, 4.69) is 46.6 Å². The van der Waals surface area contributed by atoms with Gasteiger partial charge in [-0.25, -0.2) is 4.98 Å². The first-order valence-corrected chi connectivity index (χ1v) is 7.11. The van der Waals surface area contributed by atoms with Crippen LogP contribution in [0, 0.1) is 6.92 Å². The molecule has 0 saturated heterocycles. The van der Waals surface area contributed by atoms with Gasteiger partial charge in [-0.2, -0.15) is 0 Å². The molecule has 104 valence electrons. The highest BCUT2D eigenvalue weighted by Gasteiger charge is 2.07. The van der Waals surface area contributed by atoms with E-state index in [1.165, 1.54) is 5.69 Å². The Bertz CT molecular complexity index is 514. The van der Waals surface area contributed by atoms with Gasteiger partial charge in [-0.1, -0.05) is 19.9 Å². The standard InChI is InChI=1S/C15H24N4/c1-4-18(5-2)11-9-16-12-14-13(3)17-15-8-6-7-10-19(14)15/h6-8,10,16H,4-5,9,11-12H2,1-3H3. The van der Waals surface area contributed by atoms with Crippen LogP contribution in [0.5, 0.6) is 0 Å². The van der Waals surface area contributed by atoms with Crippen LogP contribution in [0.2, 0.25) is 0 Å². The van der Waals surface area contributed by atoms with E-state index in [1.807, 2.05) is 18.2 Å². The lowest BCUT2D eigenvalue weighted by atomic mass is 10.3. The van der Waals surface area contributed by atoms with Gasteiger partial charge in [0.1, 0.15) is 5.65 Å². The van der Waals surface area contributed by atoms with Crippen molar-refractivity contribution >= 4 is 5.65 Å². The van der Waals surface area contributed by atoms with Gasteiger partial charge in [0.05, 0.1) is 11.4 Å². The summed E-state index contributed by atoms with van der Waals surface area (Å²) in [5, 5.41) is 3.52. The monoisotopic (exact) mass is 260 g/mol. The normalized spacial score (nSPS) is 11.6. The summed E-state index contributed by atoms with van der Waals surface area (Å²) in [6.45, 7) is 11.7. The van der Waals surface area contributed by atoms with E-state index in [0.29, 0.717) is 0 Å². The Labute approximate surface area is 115 Å². The number of pyridine rings is 1. The molecule has 0 saturated carbocycles. The van der Waals surface area contributed by atoms with E-state index in [-0.39, 0.29) is 0 Å². The molecule has 2 aromatic rings. The number of hydrogen-bond acceptors (Lipinski definition) is 3. The summed E-state index contributed by atoms with van der Waals surface area (Å²) in [6, 6.07) is 6.12. The van der Waals surface area contributed by atoms with Crippen LogP contribution < -0.4 is 5.32 Å². The predicted molar refractivity (Wildman–Crippen MR) is 79.4 cm³/mol. The summed E-state index contributed by atoms with van der Waals surface area (Å²) in [5.41, 5.74) is 3.40. The van der Waals surface area contributed by atoms with Gasteiger partial charge in [0.25, 0.3) is 0 Å². The molecule has 4 nitrogen and oxygen atoms in total. The molecule has 0 atom stereocenters. The topological polar surface area (TPSA) is 32.6 Å². The molecule has 0 spiro atoms. The number of aryl methyl sites for hydroxylation is 1. The van der Waals surface area contributed by atoms with E-state index < -0.39 is 0 Å². The van der Waals surface area contributed by atoms with E-state index in [4.69, 9.17) is 0 Å². The maximum absolute atomic E-state index is 4.57. The molecule has 0 unspecified atom stereocenters. The Morgan fingerprint density at radius 3 is 2.79 bits per heavy atom. The maximum Gasteiger partial charge on any atom is 0.137 e. The van der Waals surface area contributed by atoms with Gasteiger partial charge in [0, 0.05) is 25.8 Å². The smallest absolute Gasteiger partial charge is 0.137 e. The number of hydrogen-bond donors (Lipinski definition) is 1. The van der Waals surface area contributed by atoms with Crippen molar-refractivity contribution < 1.29 is 0 Å². The van der Waals surface area contributed by atoms with Gasteiger partial charge in [-0.3, -0.25) is 0 Å². The molecule has 4 heteroatoms. The first-order chi connectivity index (χ1) is 9.26. The summed E-state index contributed by atoms with van der Waals surface area (Å²) in [4.78, 5) is 7.00. The number of fused-ring (bicyclic) bond motifs is 1. The molecular formula is C15H24N4. The fraction of sp³-hybridized carbons (Fsp3) is 0.533. The van der Waals surface area contributed by atoms with Crippen molar-refractivity contribution in [2.75, 3.05) is 26.2 Å². The van der Waals surface area contributed by atoms with Crippen molar-refractivity contribution in [3.05, 3.63) is 35.8 Å². The molecule has 2 rings (SSSR count). The number of nitrogens with zero attached hydrogens (tertiary/aromatic N) is 3. The molecule has 0 fully saturated rings. The van der Waals surface area contributed by atoms with Crippen LogP contribution in [0.25, 0.3) is 5.65 Å². The summed E-state index contributed by atoms with van der Waals surface area (Å²) >= 11 is 0. The molecule has 1 N–H and O–H groups in total.